The molecule has 8 aliphatic rings. The molecular formula is C53H47N5. The number of nitrogens with one attached hydrogen (secondary N) is 2. The van der Waals surface area contributed by atoms with Crippen molar-refractivity contribution in [3.8, 4) is 0 Å². The number of amidine groups is 1. The van der Waals surface area contributed by atoms with Gasteiger partial charge in [0.1, 0.15) is 18.2 Å². The summed E-state index contributed by atoms with van der Waals surface area (Å²) in [5.74, 6) is 2.20. The van der Waals surface area contributed by atoms with Crippen molar-refractivity contribution < 1.29 is 0 Å². The summed E-state index contributed by atoms with van der Waals surface area (Å²) in [6.07, 6.45) is 33.5. The van der Waals surface area contributed by atoms with E-state index in [1.165, 1.54) is 61.7 Å². The fraction of sp³-hybridized carbons (Fsp3) is 0.226. The smallest absolute Gasteiger partial charge is 0.131 e. The third-order valence-corrected chi connectivity index (χ3v) is 13.7. The lowest BCUT2D eigenvalue weighted by atomic mass is 9.75. The van der Waals surface area contributed by atoms with E-state index in [0.717, 1.165) is 43.5 Å². The van der Waals surface area contributed by atoms with Gasteiger partial charge in [-0.2, -0.15) is 0 Å². The standard InChI is InChI=1S/C53H47N5/c1-2-14-35(15-3-1)51-54-52(56-53(55-51)40-26-25-34-13-4-5-16-37(34)31-40)36-27-29-41(30-28-36)57-49-33-39-18-7-6-17-38(39)32-45(49)44-21-12-24-48(50(44)57)58-46-22-10-8-19-42(46)43-20-9-11-23-47(43)58/h1-3,5-12,14-16,18-23,25-31,33,38,42,45-46,48,51,53,55H,4,13,17,24,32H2,(H,54,56). The molecule has 3 aliphatic heterocycles. The molecule has 4 aromatic carbocycles. The zero-order valence-electron chi connectivity index (χ0n) is 32.6. The molecule has 0 spiro atoms. The lowest BCUT2D eigenvalue weighted by Crippen LogP contribution is -2.46. The zero-order chi connectivity index (χ0) is 38.2. The van der Waals surface area contributed by atoms with Gasteiger partial charge in [0, 0.05) is 40.2 Å². The molecule has 0 aromatic heterocycles. The number of nitrogens with zero attached hydrogens (tertiary/aromatic N) is 3. The average molecular weight is 754 g/mol. The van der Waals surface area contributed by atoms with Crippen molar-refractivity contribution in [2.45, 2.75) is 62.4 Å². The van der Waals surface area contributed by atoms with Gasteiger partial charge in [0.2, 0.25) is 0 Å². The molecule has 12 rings (SSSR count). The van der Waals surface area contributed by atoms with Gasteiger partial charge >= 0.3 is 0 Å². The van der Waals surface area contributed by atoms with Crippen LogP contribution in [0.5, 0.6) is 0 Å². The Morgan fingerprint density at radius 3 is 2.57 bits per heavy atom. The maximum Gasteiger partial charge on any atom is 0.131 e. The van der Waals surface area contributed by atoms with Crippen molar-refractivity contribution in [3.63, 3.8) is 0 Å². The number of hydrogen-bond acceptors (Lipinski definition) is 5. The number of rotatable bonds is 5. The maximum atomic E-state index is 5.37. The van der Waals surface area contributed by atoms with E-state index < -0.39 is 0 Å². The normalized spacial score (nSPS) is 28.4. The summed E-state index contributed by atoms with van der Waals surface area (Å²) in [7, 11) is 0. The predicted octanol–water partition coefficient (Wildman–Crippen LogP) is 10.9. The monoisotopic (exact) mass is 753 g/mol. The first-order valence-electron chi connectivity index (χ1n) is 21.3. The number of aliphatic imine (C=N–C) groups is 1. The van der Waals surface area contributed by atoms with E-state index in [4.69, 9.17) is 4.99 Å². The van der Waals surface area contributed by atoms with E-state index in [2.05, 4.69) is 190 Å². The predicted molar refractivity (Wildman–Crippen MR) is 237 cm³/mol. The first-order valence-corrected chi connectivity index (χ1v) is 21.3. The average Bonchev–Trinajstić information content (AvgIpc) is 3.81. The molecule has 7 atom stereocenters. The number of benzene rings is 4. The minimum absolute atomic E-state index is 0.0826. The fourth-order valence-corrected chi connectivity index (χ4v) is 11.0. The van der Waals surface area contributed by atoms with Crippen LogP contribution in [0.1, 0.15) is 77.3 Å². The molecule has 5 heteroatoms. The molecule has 0 fully saturated rings. The number of anilines is 2. The zero-order valence-corrected chi connectivity index (χ0v) is 32.6. The van der Waals surface area contributed by atoms with Gasteiger partial charge in [-0.05, 0) is 119 Å². The van der Waals surface area contributed by atoms with Crippen molar-refractivity contribution in [2.75, 3.05) is 9.80 Å². The van der Waals surface area contributed by atoms with Crippen LogP contribution in [0.4, 0.5) is 11.4 Å². The van der Waals surface area contributed by atoms with E-state index in [-0.39, 0.29) is 18.4 Å². The van der Waals surface area contributed by atoms with Gasteiger partial charge in [-0.25, -0.2) is 4.99 Å². The highest BCUT2D eigenvalue weighted by molar-refractivity contribution is 6.00. The second kappa shape index (κ2) is 13.7. The van der Waals surface area contributed by atoms with Crippen molar-refractivity contribution >= 4 is 23.3 Å². The van der Waals surface area contributed by atoms with Gasteiger partial charge in [0.05, 0.1) is 12.1 Å². The van der Waals surface area contributed by atoms with Gasteiger partial charge in [-0.15, -0.1) is 0 Å². The lowest BCUT2D eigenvalue weighted by Gasteiger charge is -2.41. The van der Waals surface area contributed by atoms with Crippen LogP contribution in [0, 0.1) is 11.8 Å². The number of allylic oxidation sites excluding steroid dienone is 10. The van der Waals surface area contributed by atoms with Crippen LogP contribution in [0.2, 0.25) is 0 Å². The summed E-state index contributed by atoms with van der Waals surface area (Å²) in [4.78, 5) is 10.8. The molecule has 2 N–H and O–H groups in total. The van der Waals surface area contributed by atoms with E-state index >= 15 is 0 Å². The van der Waals surface area contributed by atoms with Crippen LogP contribution in [0.3, 0.4) is 0 Å². The SMILES string of the molecule is C1=CCC2CC3C(=CC2=C1)N(c1ccc(C2=NC(c4ccc5c(c4)C=CCC5)NC(c4ccccc4)N2)cc1)C1=C3C=CCC1N1c2ccccc2C2C=CC=CC21. The first-order chi connectivity index (χ1) is 28.7. The highest BCUT2D eigenvalue weighted by atomic mass is 15.3. The molecule has 7 unspecified atom stereocenters. The molecule has 5 nitrogen and oxygen atoms in total. The Hall–Kier alpha value is -6.17. The van der Waals surface area contributed by atoms with Crippen molar-refractivity contribution in [1.82, 2.24) is 10.6 Å². The van der Waals surface area contributed by atoms with Gasteiger partial charge < -0.3 is 15.1 Å². The Kier molecular flexibility index (Phi) is 8.04. The Bertz CT molecular complexity index is 2600. The molecule has 3 heterocycles. The Balaban J connectivity index is 0.945. The highest BCUT2D eigenvalue weighted by Crippen LogP contribution is 2.55. The summed E-state index contributed by atoms with van der Waals surface area (Å²) < 4.78 is 0. The van der Waals surface area contributed by atoms with Crippen LogP contribution in [0.25, 0.3) is 6.08 Å². The molecule has 0 saturated carbocycles. The quantitative estimate of drug-likeness (QED) is 0.213. The van der Waals surface area contributed by atoms with Crippen LogP contribution in [0.15, 0.2) is 191 Å². The van der Waals surface area contributed by atoms with Crippen LogP contribution in [-0.2, 0) is 6.42 Å². The summed E-state index contributed by atoms with van der Waals surface area (Å²) in [5, 5.41) is 7.61. The van der Waals surface area contributed by atoms with Crippen molar-refractivity contribution in [3.05, 3.63) is 220 Å². The molecule has 0 bridgehead atoms. The highest BCUT2D eigenvalue weighted by Gasteiger charge is 2.48. The summed E-state index contributed by atoms with van der Waals surface area (Å²) >= 11 is 0. The third-order valence-electron chi connectivity index (χ3n) is 13.7. The van der Waals surface area contributed by atoms with E-state index in [0.29, 0.717) is 23.8 Å². The Labute approximate surface area is 341 Å². The minimum Gasteiger partial charge on any atom is -0.355 e. The van der Waals surface area contributed by atoms with E-state index in [1.807, 2.05) is 0 Å². The summed E-state index contributed by atoms with van der Waals surface area (Å²) in [6, 6.07) is 36.4. The fourth-order valence-electron chi connectivity index (χ4n) is 11.0. The van der Waals surface area contributed by atoms with Gasteiger partial charge in [0.25, 0.3) is 0 Å². The third kappa shape index (κ3) is 5.51. The Morgan fingerprint density at radius 2 is 1.64 bits per heavy atom. The molecule has 284 valence electrons. The van der Waals surface area contributed by atoms with E-state index in [1.54, 1.807) is 0 Å². The molecule has 0 saturated heterocycles. The van der Waals surface area contributed by atoms with Crippen LogP contribution < -0.4 is 20.4 Å². The molecule has 4 aromatic rings. The van der Waals surface area contributed by atoms with Gasteiger partial charge in [0.15, 0.2) is 0 Å². The molecule has 5 aliphatic carbocycles. The number of aryl methyl sites for hydroxylation is 1. The Morgan fingerprint density at radius 1 is 0.759 bits per heavy atom. The molecule has 0 radical (unpaired) electrons. The summed E-state index contributed by atoms with van der Waals surface area (Å²) in [5.41, 5.74) is 16.0. The van der Waals surface area contributed by atoms with Crippen LogP contribution in [-0.4, -0.2) is 17.9 Å². The summed E-state index contributed by atoms with van der Waals surface area (Å²) in [6.45, 7) is 0. The second-order valence-electron chi connectivity index (χ2n) is 16.9. The molecule has 0 amide bonds. The van der Waals surface area contributed by atoms with Crippen molar-refractivity contribution in [2.24, 2.45) is 16.8 Å². The minimum atomic E-state index is -0.183. The lowest BCUT2D eigenvalue weighted by molar-refractivity contribution is 0.409. The maximum absolute atomic E-state index is 5.37. The van der Waals surface area contributed by atoms with Gasteiger partial charge in [-0.1, -0.05) is 127 Å². The van der Waals surface area contributed by atoms with E-state index in [9.17, 15) is 0 Å². The van der Waals surface area contributed by atoms with Gasteiger partial charge in [-0.3, -0.25) is 5.32 Å². The van der Waals surface area contributed by atoms with Crippen LogP contribution >= 0.6 is 0 Å². The van der Waals surface area contributed by atoms with Crippen molar-refractivity contribution in [1.29, 1.82) is 0 Å². The molecule has 58 heavy (non-hydrogen) atoms. The molecular weight excluding hydrogens is 707 g/mol. The number of fused-ring (bicyclic) bond motifs is 7. The topological polar surface area (TPSA) is 42.9 Å². The number of para-hydroxylation sites is 1. The largest absolute Gasteiger partial charge is 0.355 e. The first kappa shape index (κ1) is 33.9. The number of hydrogen-bond donors (Lipinski definition) is 2. The second-order valence-corrected chi connectivity index (χ2v) is 16.9.